The van der Waals surface area contributed by atoms with Crippen molar-refractivity contribution in [2.24, 2.45) is 0 Å². The number of benzene rings is 1. The summed E-state index contributed by atoms with van der Waals surface area (Å²) in [4.78, 5) is 11.1. The summed E-state index contributed by atoms with van der Waals surface area (Å²) in [7, 11) is 0. The van der Waals surface area contributed by atoms with E-state index in [1.807, 2.05) is 17.8 Å². The number of nitrogens with one attached hydrogen (secondary N) is 1. The van der Waals surface area contributed by atoms with E-state index in [4.69, 9.17) is 5.11 Å². The van der Waals surface area contributed by atoms with E-state index >= 15 is 0 Å². The lowest BCUT2D eigenvalue weighted by Crippen LogP contribution is -2.34. The summed E-state index contributed by atoms with van der Waals surface area (Å²) in [6.07, 6.45) is 7.07. The average molecular weight is 344 g/mol. The molecule has 0 radical (unpaired) electrons. The van der Waals surface area contributed by atoms with Crippen molar-refractivity contribution in [3.05, 3.63) is 28.2 Å². The Morgan fingerprint density at radius 2 is 2.11 bits per heavy atom. The molecule has 1 aromatic carbocycles. The predicted octanol–water partition coefficient (Wildman–Crippen LogP) is 4.23. The fourth-order valence-corrected chi connectivity index (χ4v) is 3.98. The van der Waals surface area contributed by atoms with Gasteiger partial charge in [-0.1, -0.05) is 28.8 Å². The number of rotatable bonds is 4. The van der Waals surface area contributed by atoms with Crippen LogP contribution in [-0.2, 0) is 0 Å². The Hall–Kier alpha value is -0.680. The van der Waals surface area contributed by atoms with Crippen LogP contribution in [0.15, 0.2) is 22.7 Å². The van der Waals surface area contributed by atoms with Gasteiger partial charge in [0.15, 0.2) is 0 Å². The Bertz CT molecular complexity index is 467. The van der Waals surface area contributed by atoms with Crippen molar-refractivity contribution in [3.63, 3.8) is 0 Å². The molecule has 2 unspecified atom stereocenters. The molecule has 1 aliphatic rings. The molecule has 0 spiro atoms. The minimum Gasteiger partial charge on any atom is -0.478 e. The topological polar surface area (TPSA) is 49.3 Å². The average Bonchev–Trinajstić information content (AvgIpc) is 2.38. The van der Waals surface area contributed by atoms with Gasteiger partial charge >= 0.3 is 5.97 Å². The van der Waals surface area contributed by atoms with Gasteiger partial charge in [-0.2, -0.15) is 11.8 Å². The van der Waals surface area contributed by atoms with E-state index in [9.17, 15) is 4.79 Å². The smallest absolute Gasteiger partial charge is 0.335 e. The highest BCUT2D eigenvalue weighted by atomic mass is 79.9. The van der Waals surface area contributed by atoms with Crippen LogP contribution in [0.25, 0.3) is 0 Å². The number of anilines is 1. The van der Waals surface area contributed by atoms with Crippen LogP contribution in [0.4, 0.5) is 5.69 Å². The standard InChI is InChI=1S/C14H18BrNO2S/c1-19-13-5-3-2-4-12(13)16-11-7-9(14(17)18)6-10(15)8-11/h6-8,12-13,16H,2-5H2,1H3,(H,17,18). The maximum atomic E-state index is 11.1. The summed E-state index contributed by atoms with van der Waals surface area (Å²) in [5.41, 5.74) is 1.20. The largest absolute Gasteiger partial charge is 0.478 e. The van der Waals surface area contributed by atoms with Crippen LogP contribution in [0.5, 0.6) is 0 Å². The van der Waals surface area contributed by atoms with Crippen LogP contribution in [0.1, 0.15) is 36.0 Å². The van der Waals surface area contributed by atoms with Crippen LogP contribution in [0.2, 0.25) is 0 Å². The second-order valence-electron chi connectivity index (χ2n) is 4.84. The maximum absolute atomic E-state index is 11.1. The van der Waals surface area contributed by atoms with Crippen molar-refractivity contribution in [1.82, 2.24) is 0 Å². The van der Waals surface area contributed by atoms with E-state index in [1.54, 1.807) is 12.1 Å². The number of carboxylic acids is 1. The molecule has 0 bridgehead atoms. The number of aromatic carboxylic acids is 1. The van der Waals surface area contributed by atoms with Crippen LogP contribution >= 0.6 is 27.7 Å². The third-order valence-corrected chi connectivity index (χ3v) is 5.13. The summed E-state index contributed by atoms with van der Waals surface area (Å²) >= 11 is 5.27. The minimum atomic E-state index is -0.894. The molecule has 2 rings (SSSR count). The van der Waals surface area contributed by atoms with Gasteiger partial charge in [-0.05, 0) is 37.3 Å². The highest BCUT2D eigenvalue weighted by molar-refractivity contribution is 9.10. The second-order valence-corrected chi connectivity index (χ2v) is 6.84. The molecule has 0 aromatic heterocycles. The number of thioether (sulfide) groups is 1. The summed E-state index contributed by atoms with van der Waals surface area (Å²) < 4.78 is 0.798. The van der Waals surface area contributed by atoms with Gasteiger partial charge in [-0.3, -0.25) is 0 Å². The first-order chi connectivity index (χ1) is 9.10. The van der Waals surface area contributed by atoms with Crippen LogP contribution in [0, 0.1) is 0 Å². The first-order valence-corrected chi connectivity index (χ1v) is 8.51. The molecule has 1 saturated carbocycles. The van der Waals surface area contributed by atoms with Gasteiger partial charge < -0.3 is 10.4 Å². The first kappa shape index (κ1) is 14.7. The molecule has 0 aliphatic heterocycles. The summed E-state index contributed by atoms with van der Waals surface area (Å²) in [5, 5.41) is 13.2. The van der Waals surface area contributed by atoms with E-state index in [0.29, 0.717) is 16.9 Å². The zero-order chi connectivity index (χ0) is 13.8. The molecule has 104 valence electrons. The number of hydrogen-bond donors (Lipinski definition) is 2. The molecule has 1 aliphatic carbocycles. The van der Waals surface area contributed by atoms with Gasteiger partial charge in [0.25, 0.3) is 0 Å². The number of carbonyl (C=O) groups is 1. The lowest BCUT2D eigenvalue weighted by molar-refractivity contribution is 0.0697. The number of hydrogen-bond acceptors (Lipinski definition) is 3. The van der Waals surface area contributed by atoms with Crippen molar-refractivity contribution in [2.75, 3.05) is 11.6 Å². The molecular weight excluding hydrogens is 326 g/mol. The van der Waals surface area contributed by atoms with Gasteiger partial charge in [0.1, 0.15) is 0 Å². The summed E-state index contributed by atoms with van der Waals surface area (Å²) in [6.45, 7) is 0. The van der Waals surface area contributed by atoms with Gasteiger partial charge in [0.2, 0.25) is 0 Å². The number of carboxylic acid groups (broad SMARTS) is 1. The quantitative estimate of drug-likeness (QED) is 0.858. The fourth-order valence-electron chi connectivity index (χ4n) is 2.55. The molecule has 0 heterocycles. The molecule has 2 N–H and O–H groups in total. The van der Waals surface area contributed by atoms with E-state index in [2.05, 4.69) is 27.5 Å². The monoisotopic (exact) mass is 343 g/mol. The number of halogens is 1. The van der Waals surface area contributed by atoms with Gasteiger partial charge in [0.05, 0.1) is 5.56 Å². The molecule has 0 amide bonds. The Labute approximate surface area is 126 Å². The Morgan fingerprint density at radius 1 is 1.37 bits per heavy atom. The minimum absolute atomic E-state index is 0.313. The summed E-state index contributed by atoms with van der Waals surface area (Å²) in [6, 6.07) is 5.71. The normalized spacial score (nSPS) is 23.1. The molecular formula is C14H18BrNO2S. The molecule has 19 heavy (non-hydrogen) atoms. The Balaban J connectivity index is 2.15. The SMILES string of the molecule is CSC1CCCCC1Nc1cc(Br)cc(C(=O)O)c1. The van der Waals surface area contributed by atoms with Crippen molar-refractivity contribution < 1.29 is 9.90 Å². The van der Waals surface area contributed by atoms with Crippen LogP contribution in [0.3, 0.4) is 0 Å². The fraction of sp³-hybridized carbons (Fsp3) is 0.500. The van der Waals surface area contributed by atoms with Crippen molar-refractivity contribution >= 4 is 39.3 Å². The van der Waals surface area contributed by atoms with Gasteiger partial charge in [0, 0.05) is 21.5 Å². The third-order valence-electron chi connectivity index (χ3n) is 3.50. The lowest BCUT2D eigenvalue weighted by Gasteiger charge is -2.31. The Morgan fingerprint density at radius 3 is 2.79 bits per heavy atom. The molecule has 1 aromatic rings. The molecule has 3 nitrogen and oxygen atoms in total. The predicted molar refractivity (Wildman–Crippen MR) is 84.3 cm³/mol. The van der Waals surface area contributed by atoms with Crippen molar-refractivity contribution in [2.45, 2.75) is 37.0 Å². The summed E-state index contributed by atoms with van der Waals surface area (Å²) in [5.74, 6) is -0.894. The maximum Gasteiger partial charge on any atom is 0.335 e. The highest BCUT2D eigenvalue weighted by Gasteiger charge is 2.24. The van der Waals surface area contributed by atoms with Crippen molar-refractivity contribution in [3.8, 4) is 0 Å². The van der Waals surface area contributed by atoms with E-state index < -0.39 is 5.97 Å². The highest BCUT2D eigenvalue weighted by Crippen LogP contribution is 2.30. The molecule has 0 saturated heterocycles. The molecule has 5 heteroatoms. The third kappa shape index (κ3) is 3.89. The van der Waals surface area contributed by atoms with Crippen LogP contribution < -0.4 is 5.32 Å². The molecule has 2 atom stereocenters. The van der Waals surface area contributed by atoms with Gasteiger partial charge in [-0.15, -0.1) is 0 Å². The molecule has 1 fully saturated rings. The van der Waals surface area contributed by atoms with Crippen LogP contribution in [-0.4, -0.2) is 28.6 Å². The zero-order valence-corrected chi connectivity index (χ0v) is 13.3. The zero-order valence-electron chi connectivity index (χ0n) is 10.9. The van der Waals surface area contributed by atoms with E-state index in [1.165, 1.54) is 19.3 Å². The Kier molecular flexibility index (Phi) is 5.16. The van der Waals surface area contributed by atoms with Gasteiger partial charge in [-0.25, -0.2) is 4.79 Å². The lowest BCUT2D eigenvalue weighted by atomic mass is 9.94. The van der Waals surface area contributed by atoms with E-state index in [0.717, 1.165) is 16.6 Å². The van der Waals surface area contributed by atoms with E-state index in [-0.39, 0.29) is 0 Å². The van der Waals surface area contributed by atoms with Crippen molar-refractivity contribution in [1.29, 1.82) is 0 Å². The first-order valence-electron chi connectivity index (χ1n) is 6.43. The second kappa shape index (κ2) is 6.66.